The quantitative estimate of drug-likeness (QED) is 0.639. The van der Waals surface area contributed by atoms with Gasteiger partial charge in [-0.2, -0.15) is 0 Å². The molecule has 0 N–H and O–H groups in total. The standard InChI is InChI=1S/C16H29N/c1-3-11-17(12-4-2)16-10-9-14-7-5-6-8-15(14)13-16/h7,15-16H,3-6,8-13H2,1-2H3. The minimum atomic E-state index is 0.884. The van der Waals surface area contributed by atoms with Crippen molar-refractivity contribution in [3.8, 4) is 0 Å². The van der Waals surface area contributed by atoms with Crippen LogP contribution in [0.15, 0.2) is 11.6 Å². The molecule has 0 amide bonds. The summed E-state index contributed by atoms with van der Waals surface area (Å²) in [4.78, 5) is 2.77. The van der Waals surface area contributed by atoms with Crippen LogP contribution < -0.4 is 0 Å². The van der Waals surface area contributed by atoms with Crippen LogP contribution in [0.25, 0.3) is 0 Å². The highest BCUT2D eigenvalue weighted by Crippen LogP contribution is 2.38. The third-order valence-electron chi connectivity index (χ3n) is 4.55. The molecule has 1 fully saturated rings. The first-order valence-electron chi connectivity index (χ1n) is 7.78. The molecule has 2 aliphatic rings. The van der Waals surface area contributed by atoms with Crippen molar-refractivity contribution in [2.45, 2.75) is 71.3 Å². The molecule has 0 bridgehead atoms. The number of fused-ring (bicyclic) bond motifs is 1. The minimum absolute atomic E-state index is 0.884. The summed E-state index contributed by atoms with van der Waals surface area (Å²) in [7, 11) is 0. The summed E-state index contributed by atoms with van der Waals surface area (Å²) in [5, 5.41) is 0. The molecule has 2 unspecified atom stereocenters. The van der Waals surface area contributed by atoms with Crippen LogP contribution in [0.1, 0.15) is 65.2 Å². The summed E-state index contributed by atoms with van der Waals surface area (Å²) >= 11 is 0. The molecule has 17 heavy (non-hydrogen) atoms. The fourth-order valence-electron chi connectivity index (χ4n) is 3.74. The maximum Gasteiger partial charge on any atom is 0.0104 e. The van der Waals surface area contributed by atoms with Crippen LogP contribution in [-0.4, -0.2) is 24.0 Å². The van der Waals surface area contributed by atoms with Gasteiger partial charge in [-0.05, 0) is 70.4 Å². The first kappa shape index (κ1) is 13.1. The van der Waals surface area contributed by atoms with Crippen molar-refractivity contribution in [3.05, 3.63) is 11.6 Å². The van der Waals surface area contributed by atoms with Gasteiger partial charge in [0.05, 0.1) is 0 Å². The molecule has 0 heterocycles. The average molecular weight is 235 g/mol. The summed E-state index contributed by atoms with van der Waals surface area (Å²) in [6.45, 7) is 7.25. The Hall–Kier alpha value is -0.300. The van der Waals surface area contributed by atoms with E-state index in [1.165, 1.54) is 64.5 Å². The van der Waals surface area contributed by atoms with Crippen LogP contribution in [0.5, 0.6) is 0 Å². The third kappa shape index (κ3) is 3.34. The molecule has 0 aliphatic heterocycles. The predicted octanol–water partition coefficient (Wildman–Crippen LogP) is 4.39. The first-order chi connectivity index (χ1) is 8.35. The zero-order chi connectivity index (χ0) is 12.1. The van der Waals surface area contributed by atoms with E-state index in [9.17, 15) is 0 Å². The van der Waals surface area contributed by atoms with Crippen molar-refractivity contribution in [2.75, 3.05) is 13.1 Å². The van der Waals surface area contributed by atoms with E-state index in [1.807, 2.05) is 0 Å². The average Bonchev–Trinajstić information content (AvgIpc) is 2.38. The second-order valence-electron chi connectivity index (χ2n) is 5.87. The van der Waals surface area contributed by atoms with E-state index in [1.54, 1.807) is 5.57 Å². The van der Waals surface area contributed by atoms with Gasteiger partial charge in [0.25, 0.3) is 0 Å². The molecular weight excluding hydrogens is 206 g/mol. The molecule has 0 spiro atoms. The third-order valence-corrected chi connectivity index (χ3v) is 4.55. The second-order valence-corrected chi connectivity index (χ2v) is 5.87. The van der Waals surface area contributed by atoms with Gasteiger partial charge in [-0.15, -0.1) is 0 Å². The van der Waals surface area contributed by atoms with Crippen LogP contribution >= 0.6 is 0 Å². The number of rotatable bonds is 5. The van der Waals surface area contributed by atoms with Gasteiger partial charge in [-0.1, -0.05) is 25.5 Å². The van der Waals surface area contributed by atoms with E-state index in [0.29, 0.717) is 0 Å². The predicted molar refractivity (Wildman–Crippen MR) is 75.2 cm³/mol. The van der Waals surface area contributed by atoms with Crippen molar-refractivity contribution in [2.24, 2.45) is 5.92 Å². The molecule has 2 atom stereocenters. The fraction of sp³-hybridized carbons (Fsp3) is 0.875. The van der Waals surface area contributed by atoms with Gasteiger partial charge in [-0.3, -0.25) is 0 Å². The summed E-state index contributed by atoms with van der Waals surface area (Å²) in [5.74, 6) is 0.943. The van der Waals surface area contributed by atoms with Gasteiger partial charge in [0.2, 0.25) is 0 Å². The van der Waals surface area contributed by atoms with Crippen LogP contribution in [0, 0.1) is 5.92 Å². The van der Waals surface area contributed by atoms with E-state index < -0.39 is 0 Å². The molecule has 0 aromatic heterocycles. The van der Waals surface area contributed by atoms with Gasteiger partial charge < -0.3 is 4.90 Å². The van der Waals surface area contributed by atoms with Crippen molar-refractivity contribution >= 4 is 0 Å². The minimum Gasteiger partial charge on any atom is -0.300 e. The van der Waals surface area contributed by atoms with E-state index in [4.69, 9.17) is 0 Å². The number of hydrogen-bond donors (Lipinski definition) is 0. The zero-order valence-corrected chi connectivity index (χ0v) is 11.8. The van der Waals surface area contributed by atoms with E-state index in [2.05, 4.69) is 24.8 Å². The highest BCUT2D eigenvalue weighted by atomic mass is 15.1. The Morgan fingerprint density at radius 1 is 1.18 bits per heavy atom. The number of hydrogen-bond acceptors (Lipinski definition) is 1. The van der Waals surface area contributed by atoms with Gasteiger partial charge in [0, 0.05) is 6.04 Å². The largest absolute Gasteiger partial charge is 0.300 e. The molecule has 1 heteroatoms. The molecule has 1 nitrogen and oxygen atoms in total. The number of nitrogens with zero attached hydrogens (tertiary/aromatic N) is 1. The maximum absolute atomic E-state index is 2.77. The zero-order valence-electron chi connectivity index (χ0n) is 11.8. The van der Waals surface area contributed by atoms with E-state index in [-0.39, 0.29) is 0 Å². The summed E-state index contributed by atoms with van der Waals surface area (Å²) < 4.78 is 0. The van der Waals surface area contributed by atoms with Gasteiger partial charge in [0.15, 0.2) is 0 Å². The SMILES string of the molecule is CCCN(CCC)C1CCC2=CCCCC2C1. The highest BCUT2D eigenvalue weighted by molar-refractivity contribution is 5.13. The maximum atomic E-state index is 2.77. The molecule has 1 saturated carbocycles. The highest BCUT2D eigenvalue weighted by Gasteiger charge is 2.29. The van der Waals surface area contributed by atoms with Crippen LogP contribution in [0.3, 0.4) is 0 Å². The molecule has 2 aliphatic carbocycles. The molecule has 2 rings (SSSR count). The second kappa shape index (κ2) is 6.58. The molecule has 0 saturated heterocycles. The lowest BCUT2D eigenvalue weighted by atomic mass is 9.75. The molecule has 98 valence electrons. The Morgan fingerprint density at radius 2 is 1.94 bits per heavy atom. The van der Waals surface area contributed by atoms with Crippen molar-refractivity contribution < 1.29 is 0 Å². The lowest BCUT2D eigenvalue weighted by molar-refractivity contribution is 0.144. The van der Waals surface area contributed by atoms with E-state index >= 15 is 0 Å². The van der Waals surface area contributed by atoms with Crippen LogP contribution in [0.4, 0.5) is 0 Å². The summed E-state index contributed by atoms with van der Waals surface area (Å²) in [5.41, 5.74) is 1.81. The smallest absolute Gasteiger partial charge is 0.0104 e. The molecule has 0 aromatic carbocycles. The van der Waals surface area contributed by atoms with Crippen LogP contribution in [-0.2, 0) is 0 Å². The Labute approximate surface area is 107 Å². The normalized spacial score (nSPS) is 29.0. The molecular formula is C16H29N. The van der Waals surface area contributed by atoms with Crippen molar-refractivity contribution in [1.29, 1.82) is 0 Å². The van der Waals surface area contributed by atoms with Crippen molar-refractivity contribution in [1.82, 2.24) is 4.90 Å². The number of allylic oxidation sites excluding steroid dienone is 2. The lowest BCUT2D eigenvalue weighted by Gasteiger charge is -2.40. The lowest BCUT2D eigenvalue weighted by Crippen LogP contribution is -2.40. The van der Waals surface area contributed by atoms with Crippen LogP contribution in [0.2, 0.25) is 0 Å². The van der Waals surface area contributed by atoms with Gasteiger partial charge in [0.1, 0.15) is 0 Å². The topological polar surface area (TPSA) is 3.24 Å². The Bertz CT molecular complexity index is 250. The Kier molecular flexibility index (Phi) is 5.09. The Balaban J connectivity index is 1.93. The summed E-state index contributed by atoms with van der Waals surface area (Å²) in [6, 6.07) is 0.884. The molecule has 0 aromatic rings. The first-order valence-corrected chi connectivity index (χ1v) is 7.78. The monoisotopic (exact) mass is 235 g/mol. The fourth-order valence-corrected chi connectivity index (χ4v) is 3.74. The van der Waals surface area contributed by atoms with Gasteiger partial charge >= 0.3 is 0 Å². The van der Waals surface area contributed by atoms with E-state index in [0.717, 1.165) is 12.0 Å². The summed E-state index contributed by atoms with van der Waals surface area (Å²) in [6.07, 6.45) is 13.7. The molecule has 0 radical (unpaired) electrons. The van der Waals surface area contributed by atoms with Crippen molar-refractivity contribution in [3.63, 3.8) is 0 Å². The Morgan fingerprint density at radius 3 is 2.65 bits per heavy atom. The van der Waals surface area contributed by atoms with Gasteiger partial charge in [-0.25, -0.2) is 0 Å².